The molecule has 1 aromatic carbocycles. The first-order valence-electron chi connectivity index (χ1n) is 5.63. The fourth-order valence-electron chi connectivity index (χ4n) is 1.86. The van der Waals surface area contributed by atoms with Gasteiger partial charge in [-0.05, 0) is 18.6 Å². The van der Waals surface area contributed by atoms with Crippen LogP contribution in [0.15, 0.2) is 35.8 Å². The van der Waals surface area contributed by atoms with Crippen molar-refractivity contribution in [3.05, 3.63) is 52.1 Å². The van der Waals surface area contributed by atoms with E-state index in [4.69, 9.17) is 4.74 Å². The minimum Gasteiger partial charge on any atom is -0.373 e. The Balaban J connectivity index is 2.37. The van der Waals surface area contributed by atoms with Crippen LogP contribution in [0, 0.1) is 17.0 Å². The summed E-state index contributed by atoms with van der Waals surface area (Å²) in [5.41, 5.74) is 2.34. The lowest BCUT2D eigenvalue weighted by molar-refractivity contribution is -0.385. The van der Waals surface area contributed by atoms with Crippen LogP contribution in [0.4, 0.5) is 5.69 Å². The predicted molar refractivity (Wildman–Crippen MR) is 69.0 cm³/mol. The average Bonchev–Trinajstić information content (AvgIpc) is 2.39. The lowest BCUT2D eigenvalue weighted by Crippen LogP contribution is -2.19. The number of rotatable bonds is 3. The van der Waals surface area contributed by atoms with Gasteiger partial charge in [0.1, 0.15) is 0 Å². The van der Waals surface area contributed by atoms with Crippen molar-refractivity contribution in [3.63, 3.8) is 0 Å². The zero-order valence-electron chi connectivity index (χ0n) is 10.1. The van der Waals surface area contributed by atoms with Crippen LogP contribution in [0.2, 0.25) is 0 Å². The first-order valence-corrected chi connectivity index (χ1v) is 5.63. The van der Waals surface area contributed by atoms with Gasteiger partial charge in [0, 0.05) is 11.6 Å². The molecule has 0 spiro atoms. The third kappa shape index (κ3) is 2.46. The second kappa shape index (κ2) is 5.10. The van der Waals surface area contributed by atoms with Crippen molar-refractivity contribution in [2.24, 2.45) is 4.99 Å². The molecule has 1 atom stereocenters. The molecule has 18 heavy (non-hydrogen) atoms. The molecule has 0 aromatic heterocycles. The van der Waals surface area contributed by atoms with E-state index in [1.165, 1.54) is 0 Å². The van der Waals surface area contributed by atoms with Crippen molar-refractivity contribution in [2.45, 2.75) is 13.0 Å². The van der Waals surface area contributed by atoms with Crippen molar-refractivity contribution < 1.29 is 9.66 Å². The summed E-state index contributed by atoms with van der Waals surface area (Å²) in [5, 5.41) is 10.9. The third-order valence-electron chi connectivity index (χ3n) is 2.90. The van der Waals surface area contributed by atoms with Crippen molar-refractivity contribution in [3.8, 4) is 0 Å². The Kier molecular flexibility index (Phi) is 3.53. The van der Waals surface area contributed by atoms with E-state index in [9.17, 15) is 10.1 Å². The molecule has 0 fully saturated rings. The Morgan fingerprint density at radius 3 is 3.06 bits per heavy atom. The highest BCUT2D eigenvalue weighted by molar-refractivity contribution is 5.96. The van der Waals surface area contributed by atoms with E-state index in [1.807, 2.05) is 6.07 Å². The minimum atomic E-state index is -0.374. The maximum atomic E-state index is 10.9. The van der Waals surface area contributed by atoms with E-state index < -0.39 is 0 Å². The van der Waals surface area contributed by atoms with E-state index in [0.717, 1.165) is 11.3 Å². The highest BCUT2D eigenvalue weighted by Gasteiger charge is 2.19. The molecule has 0 N–H and O–H groups in total. The highest BCUT2D eigenvalue weighted by atomic mass is 16.6. The van der Waals surface area contributed by atoms with Crippen LogP contribution in [0.25, 0.3) is 0 Å². The van der Waals surface area contributed by atoms with Crippen LogP contribution in [-0.2, 0) is 4.74 Å². The van der Waals surface area contributed by atoms with Gasteiger partial charge in [-0.1, -0.05) is 18.7 Å². The lowest BCUT2D eigenvalue weighted by atomic mass is 10.0. The van der Waals surface area contributed by atoms with Gasteiger partial charge in [-0.25, -0.2) is 0 Å². The van der Waals surface area contributed by atoms with Crippen molar-refractivity contribution in [2.75, 3.05) is 13.2 Å². The predicted octanol–water partition coefficient (Wildman–Crippen LogP) is 2.60. The molecule has 0 amide bonds. The number of hydrogen-bond acceptors (Lipinski definition) is 4. The Morgan fingerprint density at radius 2 is 2.39 bits per heavy atom. The average molecular weight is 246 g/mol. The van der Waals surface area contributed by atoms with Gasteiger partial charge in [0.2, 0.25) is 0 Å². The van der Waals surface area contributed by atoms with E-state index >= 15 is 0 Å². The Hall–Kier alpha value is -2.01. The summed E-state index contributed by atoms with van der Waals surface area (Å²) in [6.07, 6.45) is 1.65. The first kappa shape index (κ1) is 12.4. The topological polar surface area (TPSA) is 64.7 Å². The first-order chi connectivity index (χ1) is 8.61. The van der Waals surface area contributed by atoms with Crippen LogP contribution in [-0.4, -0.2) is 23.8 Å². The zero-order chi connectivity index (χ0) is 13.1. The van der Waals surface area contributed by atoms with Crippen molar-refractivity contribution in [1.82, 2.24) is 0 Å². The SMILES string of the molecule is C=CC1=N[C@@H](c2ccc(C)c([N+](=O)[O-])c2)COC1. The molecule has 1 aliphatic rings. The van der Waals surface area contributed by atoms with E-state index in [2.05, 4.69) is 11.6 Å². The molecule has 1 heterocycles. The summed E-state index contributed by atoms with van der Waals surface area (Å²) in [5.74, 6) is 0. The van der Waals surface area contributed by atoms with Gasteiger partial charge in [-0.15, -0.1) is 0 Å². The van der Waals surface area contributed by atoms with Crippen LogP contribution in [0.1, 0.15) is 17.2 Å². The molecule has 0 radical (unpaired) electrons. The molecule has 1 aromatic rings. The van der Waals surface area contributed by atoms with Gasteiger partial charge < -0.3 is 4.74 Å². The number of aryl methyl sites for hydroxylation is 1. The van der Waals surface area contributed by atoms with E-state index in [0.29, 0.717) is 18.8 Å². The van der Waals surface area contributed by atoms with Crippen LogP contribution >= 0.6 is 0 Å². The van der Waals surface area contributed by atoms with Gasteiger partial charge in [0.25, 0.3) is 5.69 Å². The summed E-state index contributed by atoms with van der Waals surface area (Å²) in [4.78, 5) is 15.0. The monoisotopic (exact) mass is 246 g/mol. The summed E-state index contributed by atoms with van der Waals surface area (Å²) in [7, 11) is 0. The standard InChI is InChI=1S/C13H14N2O3/c1-3-11-7-18-8-12(14-11)10-5-4-9(2)13(6-10)15(16)17/h3-6,12H,1,7-8H2,2H3/t12-/m1/s1. The molecule has 0 saturated heterocycles. The summed E-state index contributed by atoms with van der Waals surface area (Å²) < 4.78 is 5.40. The summed E-state index contributed by atoms with van der Waals surface area (Å²) in [6, 6.07) is 4.97. The Bertz CT molecular complexity index is 523. The molecular formula is C13H14N2O3. The maximum Gasteiger partial charge on any atom is 0.272 e. The van der Waals surface area contributed by atoms with Gasteiger partial charge in [0.05, 0.1) is 29.9 Å². The van der Waals surface area contributed by atoms with Gasteiger partial charge in [0.15, 0.2) is 0 Å². The number of nitro benzene ring substituents is 1. The third-order valence-corrected chi connectivity index (χ3v) is 2.90. The normalized spacial score (nSPS) is 19.2. The van der Waals surface area contributed by atoms with E-state index in [1.54, 1.807) is 25.1 Å². The van der Waals surface area contributed by atoms with Crippen LogP contribution < -0.4 is 0 Å². The lowest BCUT2D eigenvalue weighted by Gasteiger charge is -2.19. The number of nitro groups is 1. The largest absolute Gasteiger partial charge is 0.373 e. The molecule has 0 bridgehead atoms. The number of hydrogen-bond donors (Lipinski definition) is 0. The fraction of sp³-hybridized carbons (Fsp3) is 0.308. The Morgan fingerprint density at radius 1 is 1.61 bits per heavy atom. The zero-order valence-corrected chi connectivity index (χ0v) is 10.1. The smallest absolute Gasteiger partial charge is 0.272 e. The quantitative estimate of drug-likeness (QED) is 0.608. The van der Waals surface area contributed by atoms with Crippen molar-refractivity contribution in [1.29, 1.82) is 0 Å². The highest BCUT2D eigenvalue weighted by Crippen LogP contribution is 2.27. The van der Waals surface area contributed by atoms with Crippen LogP contribution in [0.5, 0.6) is 0 Å². The van der Waals surface area contributed by atoms with Gasteiger partial charge in [-0.3, -0.25) is 15.1 Å². The fourth-order valence-corrected chi connectivity index (χ4v) is 1.86. The molecule has 5 nitrogen and oxygen atoms in total. The van der Waals surface area contributed by atoms with Crippen LogP contribution in [0.3, 0.4) is 0 Å². The molecule has 5 heteroatoms. The second-order valence-electron chi connectivity index (χ2n) is 4.16. The molecule has 0 aliphatic carbocycles. The maximum absolute atomic E-state index is 10.9. The number of ether oxygens (including phenoxy) is 1. The molecule has 94 valence electrons. The number of aliphatic imine (C=N–C) groups is 1. The van der Waals surface area contributed by atoms with Gasteiger partial charge in [-0.2, -0.15) is 0 Å². The molecule has 0 unspecified atom stereocenters. The van der Waals surface area contributed by atoms with Gasteiger partial charge >= 0.3 is 0 Å². The molecule has 2 rings (SSSR count). The molecular weight excluding hydrogens is 232 g/mol. The number of nitrogens with zero attached hydrogens (tertiary/aromatic N) is 2. The van der Waals surface area contributed by atoms with E-state index in [-0.39, 0.29) is 16.7 Å². The summed E-state index contributed by atoms with van der Waals surface area (Å²) in [6.45, 7) is 6.27. The summed E-state index contributed by atoms with van der Waals surface area (Å²) >= 11 is 0. The van der Waals surface area contributed by atoms with Crippen molar-refractivity contribution >= 4 is 11.4 Å². The number of benzene rings is 1. The second-order valence-corrected chi connectivity index (χ2v) is 4.16. The Labute approximate surface area is 105 Å². The molecule has 0 saturated carbocycles. The minimum absolute atomic E-state index is 0.119. The molecule has 1 aliphatic heterocycles.